The quantitative estimate of drug-likeness (QED) is 0.576. The number of anilines is 1. The summed E-state index contributed by atoms with van der Waals surface area (Å²) in [6.45, 7) is 4.19. The third kappa shape index (κ3) is 6.09. The van der Waals surface area contributed by atoms with E-state index in [0.717, 1.165) is 16.7 Å². The Balaban J connectivity index is 1.52. The number of amides is 1. The minimum atomic E-state index is -3.70. The van der Waals surface area contributed by atoms with Gasteiger partial charge in [0.2, 0.25) is 0 Å². The standard InChI is InChI=1S/C23H24N2O4S/c1-17-6-8-20(9-7-17)25-30(27,28)22-12-10-21(11-13-22)29-16-23(26)24-15-19-5-3-4-18(2)14-19/h3-14,25H,15-16H2,1-2H3,(H,24,26). The molecule has 0 atom stereocenters. The van der Waals surface area contributed by atoms with Crippen LogP contribution in [-0.4, -0.2) is 20.9 Å². The summed E-state index contributed by atoms with van der Waals surface area (Å²) >= 11 is 0. The highest BCUT2D eigenvalue weighted by atomic mass is 32.2. The summed E-state index contributed by atoms with van der Waals surface area (Å²) in [5.41, 5.74) is 3.68. The number of ether oxygens (including phenoxy) is 1. The Hall–Kier alpha value is -3.32. The van der Waals surface area contributed by atoms with E-state index in [1.54, 1.807) is 12.1 Å². The molecule has 0 aliphatic carbocycles. The molecule has 0 aliphatic rings. The van der Waals surface area contributed by atoms with Crippen molar-refractivity contribution in [1.29, 1.82) is 0 Å². The van der Waals surface area contributed by atoms with E-state index >= 15 is 0 Å². The van der Waals surface area contributed by atoms with E-state index in [1.807, 2.05) is 50.2 Å². The SMILES string of the molecule is Cc1ccc(NS(=O)(=O)c2ccc(OCC(=O)NCc3cccc(C)c3)cc2)cc1. The average Bonchev–Trinajstić information content (AvgIpc) is 2.73. The fourth-order valence-corrected chi connectivity index (χ4v) is 3.83. The third-order valence-corrected chi connectivity index (χ3v) is 5.78. The minimum Gasteiger partial charge on any atom is -0.484 e. The molecule has 2 N–H and O–H groups in total. The monoisotopic (exact) mass is 424 g/mol. The van der Waals surface area contributed by atoms with Crippen LogP contribution >= 0.6 is 0 Å². The highest BCUT2D eigenvalue weighted by Crippen LogP contribution is 2.19. The summed E-state index contributed by atoms with van der Waals surface area (Å²) < 4.78 is 33.0. The molecular weight excluding hydrogens is 400 g/mol. The first-order valence-electron chi connectivity index (χ1n) is 9.46. The van der Waals surface area contributed by atoms with Crippen molar-refractivity contribution >= 4 is 21.6 Å². The lowest BCUT2D eigenvalue weighted by molar-refractivity contribution is -0.123. The highest BCUT2D eigenvalue weighted by molar-refractivity contribution is 7.92. The Labute approximate surface area is 177 Å². The first kappa shape index (κ1) is 21.4. The third-order valence-electron chi connectivity index (χ3n) is 4.38. The molecule has 0 bridgehead atoms. The first-order valence-corrected chi connectivity index (χ1v) is 10.9. The van der Waals surface area contributed by atoms with E-state index in [-0.39, 0.29) is 17.4 Å². The Morgan fingerprint density at radius 1 is 0.900 bits per heavy atom. The predicted molar refractivity (Wildman–Crippen MR) is 117 cm³/mol. The number of aryl methyl sites for hydroxylation is 2. The number of carbonyl (C=O) groups excluding carboxylic acids is 1. The molecule has 0 fully saturated rings. The average molecular weight is 425 g/mol. The number of benzene rings is 3. The van der Waals surface area contributed by atoms with Crippen LogP contribution in [0.4, 0.5) is 5.69 Å². The van der Waals surface area contributed by atoms with E-state index < -0.39 is 10.0 Å². The van der Waals surface area contributed by atoms with Crippen molar-refractivity contribution < 1.29 is 17.9 Å². The summed E-state index contributed by atoms with van der Waals surface area (Å²) in [6.07, 6.45) is 0. The molecule has 0 saturated carbocycles. The van der Waals surface area contributed by atoms with E-state index in [0.29, 0.717) is 18.0 Å². The van der Waals surface area contributed by atoms with Crippen LogP contribution in [0.3, 0.4) is 0 Å². The van der Waals surface area contributed by atoms with E-state index in [9.17, 15) is 13.2 Å². The van der Waals surface area contributed by atoms with E-state index in [4.69, 9.17) is 4.74 Å². The fourth-order valence-electron chi connectivity index (χ4n) is 2.77. The maximum Gasteiger partial charge on any atom is 0.261 e. The Bertz CT molecular complexity index is 1110. The van der Waals surface area contributed by atoms with Crippen LogP contribution in [0.15, 0.2) is 77.7 Å². The molecule has 0 saturated heterocycles. The predicted octanol–water partition coefficient (Wildman–Crippen LogP) is 3.80. The minimum absolute atomic E-state index is 0.110. The van der Waals surface area contributed by atoms with Gasteiger partial charge in [0.15, 0.2) is 6.61 Å². The molecule has 0 spiro atoms. The normalized spacial score (nSPS) is 11.0. The Morgan fingerprint density at radius 2 is 1.60 bits per heavy atom. The molecule has 30 heavy (non-hydrogen) atoms. The second kappa shape index (κ2) is 9.45. The molecule has 3 aromatic rings. The van der Waals surface area contributed by atoms with E-state index in [2.05, 4.69) is 10.0 Å². The molecule has 0 aromatic heterocycles. The lowest BCUT2D eigenvalue weighted by Crippen LogP contribution is -2.28. The smallest absolute Gasteiger partial charge is 0.261 e. The van der Waals surface area contributed by atoms with Crippen LogP contribution in [0.5, 0.6) is 5.75 Å². The number of sulfonamides is 1. The van der Waals surface area contributed by atoms with Gasteiger partial charge in [0, 0.05) is 12.2 Å². The van der Waals surface area contributed by atoms with Gasteiger partial charge in [-0.05, 0) is 55.8 Å². The van der Waals surface area contributed by atoms with Gasteiger partial charge in [-0.15, -0.1) is 0 Å². The lowest BCUT2D eigenvalue weighted by atomic mass is 10.1. The van der Waals surface area contributed by atoms with Crippen molar-refractivity contribution in [3.63, 3.8) is 0 Å². The van der Waals surface area contributed by atoms with Gasteiger partial charge in [-0.2, -0.15) is 0 Å². The zero-order valence-corrected chi connectivity index (χ0v) is 17.7. The van der Waals surface area contributed by atoms with Crippen LogP contribution in [0.2, 0.25) is 0 Å². The molecule has 7 heteroatoms. The van der Waals surface area contributed by atoms with Crippen LogP contribution in [0, 0.1) is 13.8 Å². The van der Waals surface area contributed by atoms with Crippen molar-refractivity contribution in [3.05, 3.63) is 89.5 Å². The summed E-state index contributed by atoms with van der Waals surface area (Å²) in [6, 6.07) is 20.9. The summed E-state index contributed by atoms with van der Waals surface area (Å²) in [7, 11) is -3.70. The van der Waals surface area contributed by atoms with Crippen molar-refractivity contribution in [2.75, 3.05) is 11.3 Å². The van der Waals surface area contributed by atoms with Gasteiger partial charge >= 0.3 is 0 Å². The topological polar surface area (TPSA) is 84.5 Å². The Morgan fingerprint density at radius 3 is 2.27 bits per heavy atom. The number of hydrogen-bond donors (Lipinski definition) is 2. The molecule has 6 nitrogen and oxygen atoms in total. The van der Waals surface area contributed by atoms with Crippen LogP contribution < -0.4 is 14.8 Å². The van der Waals surface area contributed by atoms with Gasteiger partial charge in [-0.25, -0.2) is 8.42 Å². The largest absolute Gasteiger partial charge is 0.484 e. The number of carbonyl (C=O) groups is 1. The second-order valence-corrected chi connectivity index (χ2v) is 8.68. The van der Waals surface area contributed by atoms with Crippen molar-refractivity contribution in [2.24, 2.45) is 0 Å². The summed E-state index contributed by atoms with van der Waals surface area (Å²) in [5, 5.41) is 2.79. The molecule has 156 valence electrons. The van der Waals surface area contributed by atoms with Gasteiger partial charge in [0.25, 0.3) is 15.9 Å². The Kier molecular flexibility index (Phi) is 6.74. The van der Waals surface area contributed by atoms with Gasteiger partial charge in [0.1, 0.15) is 5.75 Å². The fraction of sp³-hybridized carbons (Fsp3) is 0.174. The molecule has 0 radical (unpaired) electrons. The molecule has 0 heterocycles. The van der Waals surface area contributed by atoms with Crippen LogP contribution in [-0.2, 0) is 21.4 Å². The van der Waals surface area contributed by atoms with Gasteiger partial charge < -0.3 is 10.1 Å². The molecular formula is C23H24N2O4S. The van der Waals surface area contributed by atoms with Crippen LogP contribution in [0.25, 0.3) is 0 Å². The maximum atomic E-state index is 12.5. The van der Waals surface area contributed by atoms with Gasteiger partial charge in [0.05, 0.1) is 4.90 Å². The number of rotatable bonds is 8. The zero-order chi connectivity index (χ0) is 21.6. The molecule has 0 aliphatic heterocycles. The first-order chi connectivity index (χ1) is 14.3. The highest BCUT2D eigenvalue weighted by Gasteiger charge is 2.14. The molecule has 0 unspecified atom stereocenters. The van der Waals surface area contributed by atoms with Gasteiger partial charge in [-0.1, -0.05) is 47.5 Å². The maximum absolute atomic E-state index is 12.5. The molecule has 3 aromatic carbocycles. The van der Waals surface area contributed by atoms with Crippen molar-refractivity contribution in [1.82, 2.24) is 5.32 Å². The molecule has 3 rings (SSSR count). The van der Waals surface area contributed by atoms with Gasteiger partial charge in [-0.3, -0.25) is 9.52 Å². The number of hydrogen-bond acceptors (Lipinski definition) is 4. The summed E-state index contributed by atoms with van der Waals surface area (Å²) in [5.74, 6) is 0.157. The van der Waals surface area contributed by atoms with Crippen molar-refractivity contribution in [2.45, 2.75) is 25.3 Å². The van der Waals surface area contributed by atoms with Crippen LogP contribution in [0.1, 0.15) is 16.7 Å². The lowest BCUT2D eigenvalue weighted by Gasteiger charge is -2.10. The summed E-state index contributed by atoms with van der Waals surface area (Å²) in [4.78, 5) is 12.1. The van der Waals surface area contributed by atoms with E-state index in [1.165, 1.54) is 24.3 Å². The number of nitrogens with one attached hydrogen (secondary N) is 2. The van der Waals surface area contributed by atoms with Crippen molar-refractivity contribution in [3.8, 4) is 5.75 Å². The second-order valence-electron chi connectivity index (χ2n) is 7.00. The molecule has 1 amide bonds. The zero-order valence-electron chi connectivity index (χ0n) is 16.9.